The van der Waals surface area contributed by atoms with Gasteiger partial charge in [-0.1, -0.05) is 25.4 Å². The lowest BCUT2D eigenvalue weighted by Crippen LogP contribution is -2.24. The number of ether oxygens (including phenoxy) is 1. The van der Waals surface area contributed by atoms with Crippen LogP contribution in [0.3, 0.4) is 0 Å². The van der Waals surface area contributed by atoms with Gasteiger partial charge in [0, 0.05) is 12.1 Å². The monoisotopic (exact) mass is 338 g/mol. The van der Waals surface area contributed by atoms with Crippen LogP contribution in [0.5, 0.6) is 5.88 Å². The van der Waals surface area contributed by atoms with E-state index in [9.17, 15) is 14.7 Å². The van der Waals surface area contributed by atoms with Crippen LogP contribution in [0.15, 0.2) is 23.1 Å². The van der Waals surface area contributed by atoms with Crippen LogP contribution in [0.1, 0.15) is 38.2 Å². The quantitative estimate of drug-likeness (QED) is 0.848. The number of esters is 1. The third-order valence-corrected chi connectivity index (χ3v) is 3.83. The first kappa shape index (κ1) is 17.3. The molecule has 0 aromatic carbocycles. The third kappa shape index (κ3) is 3.82. The SMILES string of the molecule is COC(=O)C[C@@H](CC(C)C)c1c(O)nc2ccc(Cl)cn2c1=O. The van der Waals surface area contributed by atoms with Crippen molar-refractivity contribution in [3.8, 4) is 5.88 Å². The summed E-state index contributed by atoms with van der Waals surface area (Å²) in [7, 11) is 1.29. The summed E-state index contributed by atoms with van der Waals surface area (Å²) in [4.78, 5) is 28.5. The Morgan fingerprint density at radius 3 is 2.74 bits per heavy atom. The van der Waals surface area contributed by atoms with Crippen molar-refractivity contribution in [1.82, 2.24) is 9.38 Å². The van der Waals surface area contributed by atoms with Crippen LogP contribution in [0, 0.1) is 5.92 Å². The Hall–Kier alpha value is -2.08. The van der Waals surface area contributed by atoms with Crippen LogP contribution < -0.4 is 5.56 Å². The molecule has 0 radical (unpaired) electrons. The number of carbonyl (C=O) groups is 1. The number of nitrogens with zero attached hydrogens (tertiary/aromatic N) is 2. The Labute approximate surface area is 138 Å². The maximum absolute atomic E-state index is 12.7. The molecule has 0 aliphatic carbocycles. The number of carbonyl (C=O) groups excluding carboxylic acids is 1. The summed E-state index contributed by atoms with van der Waals surface area (Å²) in [5.41, 5.74) is -0.0181. The molecule has 0 saturated carbocycles. The van der Waals surface area contributed by atoms with Crippen molar-refractivity contribution in [3.05, 3.63) is 39.3 Å². The first-order valence-corrected chi connectivity index (χ1v) is 7.68. The second kappa shape index (κ2) is 7.00. The summed E-state index contributed by atoms with van der Waals surface area (Å²) >= 11 is 5.93. The highest BCUT2D eigenvalue weighted by atomic mass is 35.5. The second-order valence-corrected chi connectivity index (χ2v) is 6.27. The molecule has 2 rings (SSSR count). The Bertz CT molecular complexity index is 785. The van der Waals surface area contributed by atoms with Gasteiger partial charge in [0.15, 0.2) is 0 Å². The fourth-order valence-electron chi connectivity index (χ4n) is 2.63. The molecule has 1 N–H and O–H groups in total. The smallest absolute Gasteiger partial charge is 0.306 e. The number of fused-ring (bicyclic) bond motifs is 1. The molecule has 2 heterocycles. The number of rotatable bonds is 5. The van der Waals surface area contributed by atoms with E-state index in [4.69, 9.17) is 16.3 Å². The standard InChI is InChI=1S/C16H19ClN2O4/c1-9(2)6-10(7-13(20)23-3)14-15(21)18-12-5-4-11(17)8-19(12)16(14)22/h4-5,8-10,21H,6-7H2,1-3H3/t10-/m1/s1. The van der Waals surface area contributed by atoms with Gasteiger partial charge in [-0.25, -0.2) is 0 Å². The molecule has 0 spiro atoms. The number of aromatic hydroxyl groups is 1. The maximum Gasteiger partial charge on any atom is 0.306 e. The minimum atomic E-state index is -0.474. The highest BCUT2D eigenvalue weighted by molar-refractivity contribution is 6.30. The molecule has 6 nitrogen and oxygen atoms in total. The van der Waals surface area contributed by atoms with Crippen molar-refractivity contribution in [2.45, 2.75) is 32.6 Å². The number of aromatic nitrogens is 2. The van der Waals surface area contributed by atoms with Gasteiger partial charge >= 0.3 is 5.97 Å². The number of hydrogen-bond acceptors (Lipinski definition) is 5. The van der Waals surface area contributed by atoms with Crippen molar-refractivity contribution < 1.29 is 14.6 Å². The van der Waals surface area contributed by atoms with E-state index in [0.717, 1.165) is 0 Å². The Kier molecular flexibility index (Phi) is 5.26. The van der Waals surface area contributed by atoms with Crippen LogP contribution in [-0.2, 0) is 9.53 Å². The Balaban J connectivity index is 2.61. The van der Waals surface area contributed by atoms with E-state index >= 15 is 0 Å². The molecule has 0 unspecified atom stereocenters. The molecule has 0 fully saturated rings. The molecule has 2 aromatic heterocycles. The molecular weight excluding hydrogens is 320 g/mol. The highest BCUT2D eigenvalue weighted by Crippen LogP contribution is 2.30. The molecule has 0 aliphatic heterocycles. The van der Waals surface area contributed by atoms with Crippen LogP contribution >= 0.6 is 11.6 Å². The molecule has 0 bridgehead atoms. The normalized spacial score (nSPS) is 12.6. The fraction of sp³-hybridized carbons (Fsp3) is 0.438. The molecule has 2 aromatic rings. The zero-order valence-electron chi connectivity index (χ0n) is 13.2. The van der Waals surface area contributed by atoms with Crippen molar-refractivity contribution in [1.29, 1.82) is 0 Å². The summed E-state index contributed by atoms with van der Waals surface area (Å²) in [6, 6.07) is 3.13. The second-order valence-electron chi connectivity index (χ2n) is 5.84. The van der Waals surface area contributed by atoms with Gasteiger partial charge in [-0.05, 0) is 24.5 Å². The molecule has 23 heavy (non-hydrogen) atoms. The lowest BCUT2D eigenvalue weighted by Gasteiger charge is -2.19. The zero-order chi connectivity index (χ0) is 17.1. The number of halogens is 1. The predicted octanol–water partition coefficient (Wildman–Crippen LogP) is 2.75. The van der Waals surface area contributed by atoms with Gasteiger partial charge < -0.3 is 9.84 Å². The van der Waals surface area contributed by atoms with Crippen LogP contribution in [0.4, 0.5) is 0 Å². The predicted molar refractivity (Wildman–Crippen MR) is 87.0 cm³/mol. The van der Waals surface area contributed by atoms with Gasteiger partial charge in [-0.2, -0.15) is 4.98 Å². The van der Waals surface area contributed by atoms with Gasteiger partial charge in [-0.3, -0.25) is 14.0 Å². The molecule has 0 aliphatic rings. The zero-order valence-corrected chi connectivity index (χ0v) is 14.0. The average Bonchev–Trinajstić information content (AvgIpc) is 2.47. The average molecular weight is 339 g/mol. The van der Waals surface area contributed by atoms with E-state index in [1.54, 1.807) is 12.1 Å². The molecule has 1 atom stereocenters. The summed E-state index contributed by atoms with van der Waals surface area (Å²) in [6.45, 7) is 3.95. The summed E-state index contributed by atoms with van der Waals surface area (Å²) in [6.07, 6.45) is 2.00. The van der Waals surface area contributed by atoms with Crippen molar-refractivity contribution in [2.75, 3.05) is 7.11 Å². The Morgan fingerprint density at radius 1 is 1.43 bits per heavy atom. The van der Waals surface area contributed by atoms with Crippen LogP contribution in [0.2, 0.25) is 5.02 Å². The first-order valence-electron chi connectivity index (χ1n) is 7.31. The third-order valence-electron chi connectivity index (χ3n) is 3.61. The topological polar surface area (TPSA) is 80.9 Å². The summed E-state index contributed by atoms with van der Waals surface area (Å²) in [5, 5.41) is 10.6. The van der Waals surface area contributed by atoms with Crippen molar-refractivity contribution >= 4 is 23.2 Å². The van der Waals surface area contributed by atoms with Crippen molar-refractivity contribution in [2.24, 2.45) is 5.92 Å². The minimum absolute atomic E-state index is 0.00575. The van der Waals surface area contributed by atoms with Crippen molar-refractivity contribution in [3.63, 3.8) is 0 Å². The molecule has 0 saturated heterocycles. The lowest BCUT2D eigenvalue weighted by molar-refractivity contribution is -0.141. The largest absolute Gasteiger partial charge is 0.493 e. The number of hydrogen-bond donors (Lipinski definition) is 1. The van der Waals surface area contributed by atoms with Crippen LogP contribution in [-0.4, -0.2) is 27.6 Å². The van der Waals surface area contributed by atoms with Crippen LogP contribution in [0.25, 0.3) is 5.65 Å². The van der Waals surface area contributed by atoms with Gasteiger partial charge in [-0.15, -0.1) is 0 Å². The number of methoxy groups -OCH3 is 1. The molecule has 124 valence electrons. The van der Waals surface area contributed by atoms with Gasteiger partial charge in [0.05, 0.1) is 24.1 Å². The van der Waals surface area contributed by atoms with E-state index in [1.807, 2.05) is 13.8 Å². The molecule has 0 amide bonds. The Morgan fingerprint density at radius 2 is 2.13 bits per heavy atom. The van der Waals surface area contributed by atoms with E-state index < -0.39 is 17.4 Å². The molecule has 7 heteroatoms. The summed E-state index contributed by atoms with van der Waals surface area (Å²) in [5.74, 6) is -1.04. The van der Waals surface area contributed by atoms with Gasteiger partial charge in [0.2, 0.25) is 5.88 Å². The maximum atomic E-state index is 12.7. The number of pyridine rings is 1. The van der Waals surface area contributed by atoms with Gasteiger partial charge in [0.25, 0.3) is 5.56 Å². The summed E-state index contributed by atoms with van der Waals surface area (Å²) < 4.78 is 5.98. The van der Waals surface area contributed by atoms with Gasteiger partial charge in [0.1, 0.15) is 5.65 Å². The highest BCUT2D eigenvalue weighted by Gasteiger charge is 2.26. The fourth-order valence-corrected chi connectivity index (χ4v) is 2.79. The first-order chi connectivity index (χ1) is 10.8. The van der Waals surface area contributed by atoms with E-state index in [0.29, 0.717) is 17.1 Å². The van der Waals surface area contributed by atoms with E-state index in [-0.39, 0.29) is 23.8 Å². The van der Waals surface area contributed by atoms with E-state index in [1.165, 1.54) is 17.7 Å². The minimum Gasteiger partial charge on any atom is -0.493 e. The van der Waals surface area contributed by atoms with E-state index in [2.05, 4.69) is 4.98 Å². The molecular formula is C16H19ClN2O4. The lowest BCUT2D eigenvalue weighted by atomic mass is 9.88.